The molecule has 1 N–H and O–H groups in total. The van der Waals surface area contributed by atoms with Crippen molar-refractivity contribution in [3.63, 3.8) is 0 Å². The van der Waals surface area contributed by atoms with Crippen molar-refractivity contribution in [2.45, 2.75) is 0 Å². The second-order valence-electron chi connectivity index (χ2n) is 2.66. The summed E-state index contributed by atoms with van der Waals surface area (Å²) < 4.78 is 1.67. The summed E-state index contributed by atoms with van der Waals surface area (Å²) in [5.41, 5.74) is 0.453. The molecule has 2 heterocycles. The summed E-state index contributed by atoms with van der Waals surface area (Å²) in [6.45, 7) is 0. The minimum atomic E-state index is -0.148. The lowest BCUT2D eigenvalue weighted by Gasteiger charge is -1.96. The highest BCUT2D eigenvalue weighted by molar-refractivity contribution is 6.05. The minimum Gasteiger partial charge on any atom is -0.331 e. The van der Waals surface area contributed by atoms with Gasteiger partial charge in [0.05, 0.1) is 0 Å². The molecule has 0 aliphatic carbocycles. The Morgan fingerprint density at radius 2 is 2.38 bits per heavy atom. The highest BCUT2D eigenvalue weighted by Crippen LogP contribution is 2.03. The van der Waals surface area contributed by atoms with Crippen LogP contribution in [0.5, 0.6) is 0 Å². The standard InChI is InChI=1S/C8H8N4O/c1-12-5-4-9-8(12)7(13)6-2-3-10-11-6/h2-5H,1H3,(H,10,11). The molecule has 2 aromatic heterocycles. The number of carbonyl (C=O) groups is 1. The molecule has 0 aliphatic heterocycles. The van der Waals surface area contributed by atoms with Crippen LogP contribution in [0.2, 0.25) is 0 Å². The normalized spacial score (nSPS) is 10.2. The Kier molecular flexibility index (Phi) is 1.70. The van der Waals surface area contributed by atoms with Crippen LogP contribution in [0.15, 0.2) is 24.7 Å². The van der Waals surface area contributed by atoms with Crippen molar-refractivity contribution < 1.29 is 4.79 Å². The average Bonchev–Trinajstić information content (AvgIpc) is 2.72. The van der Waals surface area contributed by atoms with Crippen LogP contribution in [0.4, 0.5) is 0 Å². The third-order valence-corrected chi connectivity index (χ3v) is 1.77. The number of aromatic nitrogens is 4. The van der Waals surface area contributed by atoms with Crippen molar-refractivity contribution in [1.29, 1.82) is 0 Å². The molecule has 0 saturated carbocycles. The van der Waals surface area contributed by atoms with E-state index >= 15 is 0 Å². The van der Waals surface area contributed by atoms with Gasteiger partial charge in [0.25, 0.3) is 0 Å². The van der Waals surface area contributed by atoms with E-state index in [1.807, 2.05) is 0 Å². The molecule has 5 heteroatoms. The third-order valence-electron chi connectivity index (χ3n) is 1.77. The van der Waals surface area contributed by atoms with Gasteiger partial charge < -0.3 is 4.57 Å². The number of aromatic amines is 1. The largest absolute Gasteiger partial charge is 0.331 e. The first-order valence-corrected chi connectivity index (χ1v) is 3.80. The van der Waals surface area contributed by atoms with E-state index in [4.69, 9.17) is 0 Å². The lowest BCUT2D eigenvalue weighted by atomic mass is 10.3. The Bertz CT molecular complexity index is 415. The van der Waals surface area contributed by atoms with E-state index < -0.39 is 0 Å². The van der Waals surface area contributed by atoms with Crippen molar-refractivity contribution >= 4 is 5.78 Å². The summed E-state index contributed by atoms with van der Waals surface area (Å²) >= 11 is 0. The van der Waals surface area contributed by atoms with Crippen LogP contribution in [0, 0.1) is 0 Å². The van der Waals surface area contributed by atoms with Gasteiger partial charge in [0.15, 0.2) is 5.82 Å². The number of nitrogens with zero attached hydrogens (tertiary/aromatic N) is 3. The minimum absolute atomic E-state index is 0.148. The summed E-state index contributed by atoms with van der Waals surface area (Å²) in [5, 5.41) is 6.30. The lowest BCUT2D eigenvalue weighted by Crippen LogP contribution is -2.08. The van der Waals surface area contributed by atoms with Gasteiger partial charge in [-0.25, -0.2) is 4.98 Å². The first kappa shape index (κ1) is 7.72. The molecule has 0 radical (unpaired) electrons. The predicted molar refractivity (Wildman–Crippen MR) is 45.2 cm³/mol. The van der Waals surface area contributed by atoms with E-state index in [0.717, 1.165) is 0 Å². The Morgan fingerprint density at radius 1 is 1.54 bits per heavy atom. The Morgan fingerprint density at radius 3 is 2.92 bits per heavy atom. The fourth-order valence-electron chi connectivity index (χ4n) is 1.09. The van der Waals surface area contributed by atoms with Crippen LogP contribution in [0.25, 0.3) is 0 Å². The van der Waals surface area contributed by atoms with Crippen LogP contribution in [-0.4, -0.2) is 25.5 Å². The molecule has 0 atom stereocenters. The number of aryl methyl sites for hydroxylation is 1. The van der Waals surface area contributed by atoms with Gasteiger partial charge in [0.1, 0.15) is 5.69 Å². The number of H-pyrrole nitrogens is 1. The summed E-state index contributed by atoms with van der Waals surface area (Å²) in [4.78, 5) is 15.6. The quantitative estimate of drug-likeness (QED) is 0.672. The molecule has 0 unspecified atom stereocenters. The van der Waals surface area contributed by atoms with Gasteiger partial charge in [-0.15, -0.1) is 0 Å². The molecule has 5 nitrogen and oxygen atoms in total. The molecule has 0 fully saturated rings. The van der Waals surface area contributed by atoms with Gasteiger partial charge in [-0.05, 0) is 6.07 Å². The maximum Gasteiger partial charge on any atom is 0.246 e. The van der Waals surface area contributed by atoms with Crippen LogP contribution in [0.1, 0.15) is 16.3 Å². The van der Waals surface area contributed by atoms with Crippen molar-refractivity contribution in [1.82, 2.24) is 19.7 Å². The number of imidazole rings is 1. The number of rotatable bonds is 2. The summed E-state index contributed by atoms with van der Waals surface area (Å²) in [7, 11) is 1.77. The van der Waals surface area contributed by atoms with E-state index in [9.17, 15) is 4.79 Å². The van der Waals surface area contributed by atoms with Crippen LogP contribution >= 0.6 is 0 Å². The first-order chi connectivity index (χ1) is 6.29. The molecule has 0 spiro atoms. The molecular formula is C8H8N4O. The molecule has 2 rings (SSSR count). The maximum atomic E-state index is 11.6. The molecular weight excluding hydrogens is 168 g/mol. The Labute approximate surface area is 74.4 Å². The average molecular weight is 176 g/mol. The monoisotopic (exact) mass is 176 g/mol. The second kappa shape index (κ2) is 2.85. The zero-order chi connectivity index (χ0) is 9.26. The van der Waals surface area contributed by atoms with Gasteiger partial charge in [0, 0.05) is 25.6 Å². The molecule has 0 aromatic carbocycles. The summed E-state index contributed by atoms with van der Waals surface area (Å²) in [6, 6.07) is 1.62. The Hall–Kier alpha value is -1.91. The zero-order valence-corrected chi connectivity index (χ0v) is 7.06. The van der Waals surface area contributed by atoms with Gasteiger partial charge in [-0.2, -0.15) is 5.10 Å². The topological polar surface area (TPSA) is 63.6 Å². The molecule has 66 valence electrons. The van der Waals surface area contributed by atoms with Crippen molar-refractivity contribution in [2.24, 2.45) is 7.05 Å². The van der Waals surface area contributed by atoms with Gasteiger partial charge in [-0.1, -0.05) is 0 Å². The van der Waals surface area contributed by atoms with Crippen molar-refractivity contribution in [3.8, 4) is 0 Å². The molecule has 0 aliphatic rings. The SMILES string of the molecule is Cn1ccnc1C(=O)c1ccn[nH]1. The smallest absolute Gasteiger partial charge is 0.246 e. The molecule has 0 saturated heterocycles. The zero-order valence-electron chi connectivity index (χ0n) is 7.06. The number of nitrogens with one attached hydrogen (secondary N) is 1. The van der Waals surface area contributed by atoms with Crippen LogP contribution in [0.3, 0.4) is 0 Å². The third kappa shape index (κ3) is 1.24. The number of ketones is 1. The molecule has 0 bridgehead atoms. The fraction of sp³-hybridized carbons (Fsp3) is 0.125. The summed E-state index contributed by atoms with van der Waals surface area (Å²) in [6.07, 6.45) is 4.85. The van der Waals surface area contributed by atoms with E-state index in [-0.39, 0.29) is 5.78 Å². The van der Waals surface area contributed by atoms with Crippen LogP contribution < -0.4 is 0 Å². The van der Waals surface area contributed by atoms with Gasteiger partial charge in [-0.3, -0.25) is 9.89 Å². The van der Waals surface area contributed by atoms with Crippen LogP contribution in [-0.2, 0) is 7.05 Å². The van der Waals surface area contributed by atoms with Crippen molar-refractivity contribution in [2.75, 3.05) is 0 Å². The highest BCUT2D eigenvalue weighted by atomic mass is 16.1. The van der Waals surface area contributed by atoms with E-state index in [1.54, 1.807) is 30.1 Å². The van der Waals surface area contributed by atoms with Gasteiger partial charge in [0.2, 0.25) is 5.78 Å². The van der Waals surface area contributed by atoms with E-state index in [0.29, 0.717) is 11.5 Å². The fourth-order valence-corrected chi connectivity index (χ4v) is 1.09. The van der Waals surface area contributed by atoms with Crippen molar-refractivity contribution in [3.05, 3.63) is 36.2 Å². The number of hydrogen-bond acceptors (Lipinski definition) is 3. The molecule has 13 heavy (non-hydrogen) atoms. The lowest BCUT2D eigenvalue weighted by molar-refractivity contribution is 0.102. The molecule has 2 aromatic rings. The first-order valence-electron chi connectivity index (χ1n) is 3.80. The Balaban J connectivity index is 2.39. The molecule has 0 amide bonds. The second-order valence-corrected chi connectivity index (χ2v) is 2.66. The van der Waals surface area contributed by atoms with Gasteiger partial charge >= 0.3 is 0 Å². The maximum absolute atomic E-state index is 11.6. The highest BCUT2D eigenvalue weighted by Gasteiger charge is 2.13. The number of carbonyl (C=O) groups excluding carboxylic acids is 1. The summed E-state index contributed by atoms with van der Waals surface area (Å²) in [5.74, 6) is 0.259. The predicted octanol–water partition coefficient (Wildman–Crippen LogP) is 0.374. The van der Waals surface area contributed by atoms with E-state index in [2.05, 4.69) is 15.2 Å². The number of hydrogen-bond donors (Lipinski definition) is 1. The van der Waals surface area contributed by atoms with E-state index in [1.165, 1.54) is 6.20 Å².